The van der Waals surface area contributed by atoms with Crippen LogP contribution in [0.3, 0.4) is 0 Å². The molecule has 0 spiro atoms. The first-order valence-electron chi connectivity index (χ1n) is 17.7. The number of hydrogen-bond acceptors (Lipinski definition) is 8. The van der Waals surface area contributed by atoms with Gasteiger partial charge in [-0.25, -0.2) is 4.79 Å². The molecule has 1 aromatic rings. The van der Waals surface area contributed by atoms with Crippen LogP contribution in [0.5, 0.6) is 0 Å². The minimum absolute atomic E-state index is 0.0351. The molecule has 5 rings (SSSR count). The number of fused-ring (bicyclic) bond motifs is 4. The summed E-state index contributed by atoms with van der Waals surface area (Å²) in [5, 5.41) is 65.8. The van der Waals surface area contributed by atoms with Crippen molar-refractivity contribution in [2.75, 3.05) is 0 Å². The van der Waals surface area contributed by atoms with E-state index in [0.29, 0.717) is 24.0 Å². The van der Waals surface area contributed by atoms with E-state index in [1.54, 1.807) is 0 Å². The molecule has 4 aliphatic carbocycles. The Morgan fingerprint density at radius 1 is 1.00 bits per heavy atom. The lowest BCUT2D eigenvalue weighted by Gasteiger charge is -2.63. The van der Waals surface area contributed by atoms with Crippen LogP contribution in [0.2, 0.25) is 0 Å². The maximum absolute atomic E-state index is 14.6. The van der Waals surface area contributed by atoms with Gasteiger partial charge in [0, 0.05) is 47.0 Å². The molecule has 2 fully saturated rings. The molecular formula is C40H54O9. The number of benzene rings is 1. The maximum Gasteiger partial charge on any atom is 0.335 e. The smallest absolute Gasteiger partial charge is 0.335 e. The number of allylic oxidation sites excluding steroid dienone is 1. The van der Waals surface area contributed by atoms with E-state index in [0.717, 1.165) is 5.56 Å². The number of carbonyl (C=O) groups is 3. The van der Waals surface area contributed by atoms with Gasteiger partial charge in [0.25, 0.3) is 0 Å². The number of aliphatic hydroxyl groups is 5. The van der Waals surface area contributed by atoms with E-state index in [9.17, 15) is 45.0 Å². The van der Waals surface area contributed by atoms with Gasteiger partial charge >= 0.3 is 5.97 Å². The van der Waals surface area contributed by atoms with Crippen molar-refractivity contribution in [3.63, 3.8) is 0 Å². The van der Waals surface area contributed by atoms with Crippen molar-refractivity contribution in [1.29, 1.82) is 0 Å². The summed E-state index contributed by atoms with van der Waals surface area (Å²) < 4.78 is 0. The maximum atomic E-state index is 14.6. The standard InChI is InChI=1S/C40H54O9/c1-21(17-27(42)33(46)25(36(48)49)18-22(2)41)26-19-30(45)40(7)32-31(28(43)20-39(26,40)6)38(5)16-15-29(44)37(3,4)35(38)24(34(32)47)14-13-23-11-9-8-10-12-23/h8-14,21-22,24,26-27,30,34-35,41-42,45-47H,15-20H2,1-7H3,(H,48,49)/b14-13+,33-25-/t21-,22+,24+,26-,27+,30+,34-,35-,38-,39-,40+/m1/s1. The molecule has 0 aliphatic heterocycles. The Labute approximate surface area is 289 Å². The van der Waals surface area contributed by atoms with Crippen molar-refractivity contribution in [2.24, 2.45) is 45.3 Å². The molecular weight excluding hydrogens is 624 g/mol. The number of Topliss-reactive ketones (excluding diaryl/α,β-unsaturated/α-hetero) is 2. The van der Waals surface area contributed by atoms with Gasteiger partial charge in [-0.15, -0.1) is 0 Å². The molecule has 2 saturated carbocycles. The molecule has 9 heteroatoms. The highest BCUT2D eigenvalue weighted by Gasteiger charge is 2.71. The molecule has 4 aliphatic rings. The third-order valence-corrected chi connectivity index (χ3v) is 13.4. The number of carboxylic acid groups (broad SMARTS) is 1. The molecule has 0 amide bonds. The summed E-state index contributed by atoms with van der Waals surface area (Å²) >= 11 is 0. The number of hydrogen-bond donors (Lipinski definition) is 6. The summed E-state index contributed by atoms with van der Waals surface area (Å²) in [4.78, 5) is 39.9. The highest BCUT2D eigenvalue weighted by molar-refractivity contribution is 6.01. The Hall–Kier alpha value is -3.11. The van der Waals surface area contributed by atoms with Crippen molar-refractivity contribution in [3.05, 3.63) is 64.4 Å². The van der Waals surface area contributed by atoms with Gasteiger partial charge in [-0.05, 0) is 60.5 Å². The van der Waals surface area contributed by atoms with Crippen LogP contribution in [-0.4, -0.2) is 72.6 Å². The van der Waals surface area contributed by atoms with Crippen LogP contribution in [-0.2, 0) is 14.4 Å². The van der Waals surface area contributed by atoms with E-state index in [1.165, 1.54) is 6.92 Å². The van der Waals surface area contributed by atoms with E-state index >= 15 is 0 Å². The largest absolute Gasteiger partial charge is 0.509 e. The van der Waals surface area contributed by atoms with Crippen LogP contribution in [0.25, 0.3) is 6.08 Å². The molecule has 268 valence electrons. The van der Waals surface area contributed by atoms with E-state index in [-0.39, 0.29) is 55.0 Å². The molecule has 6 N–H and O–H groups in total. The van der Waals surface area contributed by atoms with Crippen molar-refractivity contribution in [2.45, 2.75) is 111 Å². The summed E-state index contributed by atoms with van der Waals surface area (Å²) in [6.45, 7) is 13.1. The average Bonchev–Trinajstić information content (AvgIpc) is 3.23. The van der Waals surface area contributed by atoms with Crippen LogP contribution in [0.4, 0.5) is 0 Å². The third kappa shape index (κ3) is 5.75. The van der Waals surface area contributed by atoms with Crippen molar-refractivity contribution in [3.8, 4) is 0 Å². The first kappa shape index (κ1) is 37.2. The number of carboxylic acids is 1. The van der Waals surface area contributed by atoms with Crippen LogP contribution >= 0.6 is 0 Å². The fourth-order valence-electron chi connectivity index (χ4n) is 10.9. The summed E-state index contributed by atoms with van der Waals surface area (Å²) in [6.07, 6.45) is 0.0551. The fourth-order valence-corrected chi connectivity index (χ4v) is 10.9. The lowest BCUT2D eigenvalue weighted by molar-refractivity contribution is -0.150. The van der Waals surface area contributed by atoms with Gasteiger partial charge in [-0.1, -0.05) is 84.0 Å². The van der Waals surface area contributed by atoms with Crippen LogP contribution < -0.4 is 0 Å². The Bertz CT molecular complexity index is 1590. The van der Waals surface area contributed by atoms with E-state index in [4.69, 9.17) is 0 Å². The zero-order chi connectivity index (χ0) is 36.4. The molecule has 49 heavy (non-hydrogen) atoms. The van der Waals surface area contributed by atoms with E-state index < -0.39 is 69.3 Å². The fraction of sp³-hybridized carbons (Fsp3) is 0.625. The van der Waals surface area contributed by atoms with Crippen molar-refractivity contribution in [1.82, 2.24) is 0 Å². The third-order valence-electron chi connectivity index (χ3n) is 13.4. The first-order valence-corrected chi connectivity index (χ1v) is 17.7. The van der Waals surface area contributed by atoms with Crippen molar-refractivity contribution < 1.29 is 45.0 Å². The number of ketones is 2. The van der Waals surface area contributed by atoms with Gasteiger partial charge in [0.05, 0.1) is 23.9 Å². The number of aliphatic carboxylic acids is 1. The van der Waals surface area contributed by atoms with Gasteiger partial charge in [-0.2, -0.15) is 0 Å². The molecule has 0 saturated heterocycles. The lowest BCUT2D eigenvalue weighted by Crippen LogP contribution is -2.63. The predicted octanol–water partition coefficient (Wildman–Crippen LogP) is 5.42. The Morgan fingerprint density at radius 3 is 2.22 bits per heavy atom. The van der Waals surface area contributed by atoms with Crippen LogP contribution in [0, 0.1) is 45.3 Å². The Balaban J connectivity index is 1.60. The Morgan fingerprint density at radius 2 is 1.63 bits per heavy atom. The molecule has 0 unspecified atom stereocenters. The number of rotatable bonds is 9. The minimum atomic E-state index is -1.53. The van der Waals surface area contributed by atoms with Crippen LogP contribution in [0.15, 0.2) is 58.9 Å². The van der Waals surface area contributed by atoms with Crippen LogP contribution in [0.1, 0.15) is 92.6 Å². The normalized spacial score (nSPS) is 38.0. The zero-order valence-electron chi connectivity index (χ0n) is 29.8. The number of aliphatic hydroxyl groups excluding tert-OH is 5. The highest BCUT2D eigenvalue weighted by Crippen LogP contribution is 2.72. The highest BCUT2D eigenvalue weighted by atomic mass is 16.4. The predicted molar refractivity (Wildman–Crippen MR) is 185 cm³/mol. The lowest BCUT2D eigenvalue weighted by atomic mass is 9.40. The van der Waals surface area contributed by atoms with E-state index in [1.807, 2.05) is 77.1 Å². The van der Waals surface area contributed by atoms with Gasteiger partial charge in [0.15, 0.2) is 5.78 Å². The monoisotopic (exact) mass is 678 g/mol. The molecule has 0 aromatic heterocycles. The average molecular weight is 679 g/mol. The summed E-state index contributed by atoms with van der Waals surface area (Å²) in [7, 11) is 0. The second-order valence-electron chi connectivity index (χ2n) is 16.6. The Kier molecular flexibility index (Phi) is 9.78. The second kappa shape index (κ2) is 12.9. The molecule has 0 radical (unpaired) electrons. The summed E-state index contributed by atoms with van der Waals surface area (Å²) in [6, 6.07) is 9.72. The minimum Gasteiger partial charge on any atom is -0.509 e. The van der Waals surface area contributed by atoms with Gasteiger partial charge in [0.2, 0.25) is 0 Å². The van der Waals surface area contributed by atoms with Gasteiger partial charge < -0.3 is 30.6 Å². The van der Waals surface area contributed by atoms with E-state index in [2.05, 4.69) is 6.92 Å². The quantitative estimate of drug-likeness (QED) is 0.147. The first-order chi connectivity index (χ1) is 22.7. The topological polar surface area (TPSA) is 173 Å². The summed E-state index contributed by atoms with van der Waals surface area (Å²) in [5.74, 6) is -3.73. The summed E-state index contributed by atoms with van der Waals surface area (Å²) in [5.41, 5.74) is -1.86. The van der Waals surface area contributed by atoms with Crippen molar-refractivity contribution >= 4 is 23.6 Å². The molecule has 9 nitrogen and oxygen atoms in total. The zero-order valence-corrected chi connectivity index (χ0v) is 29.8. The van der Waals surface area contributed by atoms with Gasteiger partial charge in [-0.3, -0.25) is 9.59 Å². The molecule has 11 atom stereocenters. The molecule has 1 aromatic carbocycles. The molecule has 0 heterocycles. The molecule has 0 bridgehead atoms. The second-order valence-corrected chi connectivity index (χ2v) is 16.6. The van der Waals surface area contributed by atoms with Gasteiger partial charge in [0.1, 0.15) is 17.6 Å². The number of carbonyl (C=O) groups excluding carboxylic acids is 2. The SMILES string of the molecule is C[C@H](O)C/C(C(=O)O)=C(/O)[C@@H](O)C[C@@H](C)[C@H]1C[C@H](O)[C@@]2(C)C3=C(C(=O)C[C@]12C)[C@@]1(C)CCC(=O)C(C)(C)[C@H]1[C@@H](/C=C/c1ccccc1)[C@H]3O.